The third-order valence-electron chi connectivity index (χ3n) is 2.29. The van der Waals surface area contributed by atoms with Gasteiger partial charge in [0.25, 0.3) is 0 Å². The fourth-order valence-corrected chi connectivity index (χ4v) is 2.20. The van der Waals surface area contributed by atoms with Gasteiger partial charge in [-0.05, 0) is 19.9 Å². The minimum Gasteiger partial charge on any atom is -0.358 e. The Balaban J connectivity index is 2.17. The molecule has 2 aromatic rings. The molecule has 6 nitrogen and oxygen atoms in total. The molecule has 7 heteroatoms. The molecule has 2 heterocycles. The van der Waals surface area contributed by atoms with Crippen LogP contribution in [0.3, 0.4) is 0 Å². The van der Waals surface area contributed by atoms with Crippen LogP contribution in [0.2, 0.25) is 0 Å². The standard InChI is InChI=1S/C11H12N4O2S/c1-7-3-4-9(15(16)17)11(14-7)13-6-10-12-5-8(2)18-10/h3-5H,6H2,1-2H3,(H,13,14). The SMILES string of the molecule is Cc1ccc([N+](=O)[O-])c(NCc2ncc(C)s2)n1. The van der Waals surface area contributed by atoms with Crippen LogP contribution in [0.25, 0.3) is 0 Å². The van der Waals surface area contributed by atoms with E-state index in [4.69, 9.17) is 0 Å². The molecule has 0 bridgehead atoms. The summed E-state index contributed by atoms with van der Waals surface area (Å²) in [5.74, 6) is 0.285. The first-order valence-electron chi connectivity index (χ1n) is 5.33. The Bertz CT molecular complexity index is 582. The summed E-state index contributed by atoms with van der Waals surface area (Å²) in [5, 5.41) is 14.7. The van der Waals surface area contributed by atoms with E-state index in [-0.39, 0.29) is 11.5 Å². The van der Waals surface area contributed by atoms with Gasteiger partial charge in [0.2, 0.25) is 5.82 Å². The number of nitrogens with one attached hydrogen (secondary N) is 1. The molecule has 0 aliphatic rings. The number of aromatic nitrogens is 2. The highest BCUT2D eigenvalue weighted by Gasteiger charge is 2.15. The van der Waals surface area contributed by atoms with Crippen molar-refractivity contribution in [2.24, 2.45) is 0 Å². The van der Waals surface area contributed by atoms with Gasteiger partial charge in [-0.15, -0.1) is 11.3 Å². The highest BCUT2D eigenvalue weighted by molar-refractivity contribution is 7.11. The lowest BCUT2D eigenvalue weighted by atomic mass is 10.3. The Kier molecular flexibility index (Phi) is 3.52. The molecular formula is C11H12N4O2S. The van der Waals surface area contributed by atoms with Gasteiger partial charge in [0.05, 0.1) is 11.5 Å². The number of anilines is 1. The first-order valence-corrected chi connectivity index (χ1v) is 6.15. The first-order chi connectivity index (χ1) is 8.56. The van der Waals surface area contributed by atoms with Crippen LogP contribution in [-0.2, 0) is 6.54 Å². The zero-order valence-electron chi connectivity index (χ0n) is 10.0. The zero-order valence-corrected chi connectivity index (χ0v) is 10.8. The van der Waals surface area contributed by atoms with E-state index in [1.165, 1.54) is 6.07 Å². The van der Waals surface area contributed by atoms with E-state index in [1.54, 1.807) is 30.5 Å². The van der Waals surface area contributed by atoms with Crippen molar-refractivity contribution in [2.45, 2.75) is 20.4 Å². The molecule has 0 aromatic carbocycles. The van der Waals surface area contributed by atoms with Crippen molar-refractivity contribution in [3.63, 3.8) is 0 Å². The molecule has 0 atom stereocenters. The Morgan fingerprint density at radius 2 is 2.22 bits per heavy atom. The van der Waals surface area contributed by atoms with E-state index in [2.05, 4.69) is 15.3 Å². The molecule has 0 saturated heterocycles. The van der Waals surface area contributed by atoms with Crippen LogP contribution in [0, 0.1) is 24.0 Å². The number of thiazole rings is 1. The van der Waals surface area contributed by atoms with E-state index in [9.17, 15) is 10.1 Å². The molecule has 0 fully saturated rings. The van der Waals surface area contributed by atoms with Gasteiger partial charge in [-0.1, -0.05) is 0 Å². The molecule has 0 aliphatic heterocycles. The number of nitrogens with zero attached hydrogens (tertiary/aromatic N) is 3. The third kappa shape index (κ3) is 2.80. The summed E-state index contributed by atoms with van der Waals surface area (Å²) in [5.41, 5.74) is 0.715. The predicted octanol–water partition coefficient (Wildman–Crippen LogP) is 2.68. The average molecular weight is 264 g/mol. The van der Waals surface area contributed by atoms with E-state index in [1.807, 2.05) is 6.92 Å². The normalized spacial score (nSPS) is 10.3. The molecular weight excluding hydrogens is 252 g/mol. The molecule has 2 aromatic heterocycles. The number of rotatable bonds is 4. The van der Waals surface area contributed by atoms with E-state index < -0.39 is 4.92 Å². The Morgan fingerprint density at radius 1 is 1.44 bits per heavy atom. The second-order valence-electron chi connectivity index (χ2n) is 3.80. The van der Waals surface area contributed by atoms with Gasteiger partial charge in [-0.2, -0.15) is 0 Å². The molecule has 0 amide bonds. The van der Waals surface area contributed by atoms with Crippen LogP contribution in [-0.4, -0.2) is 14.9 Å². The molecule has 1 N–H and O–H groups in total. The summed E-state index contributed by atoms with van der Waals surface area (Å²) in [6.07, 6.45) is 1.78. The van der Waals surface area contributed by atoms with Crippen LogP contribution < -0.4 is 5.32 Å². The number of hydrogen-bond acceptors (Lipinski definition) is 6. The summed E-state index contributed by atoms with van der Waals surface area (Å²) in [6.45, 7) is 4.20. The van der Waals surface area contributed by atoms with Crippen LogP contribution >= 0.6 is 11.3 Å². The van der Waals surface area contributed by atoms with Gasteiger partial charge in [-0.25, -0.2) is 9.97 Å². The third-order valence-corrected chi connectivity index (χ3v) is 3.20. The van der Waals surface area contributed by atoms with Gasteiger partial charge in [-0.3, -0.25) is 10.1 Å². The molecule has 0 saturated carbocycles. The quantitative estimate of drug-likeness (QED) is 0.678. The Labute approximate surface area is 108 Å². The summed E-state index contributed by atoms with van der Waals surface area (Å²) in [6, 6.07) is 3.08. The summed E-state index contributed by atoms with van der Waals surface area (Å²) in [7, 11) is 0. The summed E-state index contributed by atoms with van der Waals surface area (Å²) in [4.78, 5) is 19.9. The highest BCUT2D eigenvalue weighted by Crippen LogP contribution is 2.23. The van der Waals surface area contributed by atoms with Crippen LogP contribution in [0.1, 0.15) is 15.6 Å². The van der Waals surface area contributed by atoms with Gasteiger partial charge in [0, 0.05) is 22.8 Å². The number of hydrogen-bond donors (Lipinski definition) is 1. The van der Waals surface area contributed by atoms with Crippen molar-refractivity contribution in [1.82, 2.24) is 9.97 Å². The highest BCUT2D eigenvalue weighted by atomic mass is 32.1. The van der Waals surface area contributed by atoms with E-state index in [0.29, 0.717) is 6.54 Å². The van der Waals surface area contributed by atoms with Crippen LogP contribution in [0.15, 0.2) is 18.3 Å². The lowest BCUT2D eigenvalue weighted by molar-refractivity contribution is -0.384. The van der Waals surface area contributed by atoms with Gasteiger partial charge in [0.15, 0.2) is 0 Å². The monoisotopic (exact) mass is 264 g/mol. The fraction of sp³-hybridized carbons (Fsp3) is 0.273. The second kappa shape index (κ2) is 5.09. The maximum absolute atomic E-state index is 10.9. The molecule has 18 heavy (non-hydrogen) atoms. The van der Waals surface area contributed by atoms with Gasteiger partial charge < -0.3 is 5.32 Å². The zero-order chi connectivity index (χ0) is 13.1. The van der Waals surface area contributed by atoms with E-state index >= 15 is 0 Å². The number of aryl methyl sites for hydroxylation is 2. The van der Waals surface area contributed by atoms with Gasteiger partial charge >= 0.3 is 5.69 Å². The number of nitro groups is 1. The summed E-state index contributed by atoms with van der Waals surface area (Å²) < 4.78 is 0. The molecule has 94 valence electrons. The van der Waals surface area contributed by atoms with Crippen molar-refractivity contribution >= 4 is 22.8 Å². The molecule has 2 rings (SSSR count). The average Bonchev–Trinajstić information content (AvgIpc) is 2.72. The lowest BCUT2D eigenvalue weighted by Gasteiger charge is -2.05. The number of pyridine rings is 1. The van der Waals surface area contributed by atoms with Crippen molar-refractivity contribution < 1.29 is 4.92 Å². The first kappa shape index (κ1) is 12.4. The second-order valence-corrected chi connectivity index (χ2v) is 5.12. The minimum absolute atomic E-state index is 0.0196. The smallest absolute Gasteiger partial charge is 0.311 e. The minimum atomic E-state index is -0.443. The fourth-order valence-electron chi connectivity index (χ4n) is 1.47. The Hall–Kier alpha value is -2.02. The topological polar surface area (TPSA) is 81.0 Å². The predicted molar refractivity (Wildman–Crippen MR) is 69.8 cm³/mol. The van der Waals surface area contributed by atoms with Crippen LogP contribution in [0.4, 0.5) is 11.5 Å². The van der Waals surface area contributed by atoms with Crippen molar-refractivity contribution in [1.29, 1.82) is 0 Å². The Morgan fingerprint density at radius 3 is 2.83 bits per heavy atom. The van der Waals surface area contributed by atoms with Gasteiger partial charge in [0.1, 0.15) is 5.01 Å². The van der Waals surface area contributed by atoms with Crippen molar-refractivity contribution in [3.05, 3.63) is 44.0 Å². The van der Waals surface area contributed by atoms with Crippen molar-refractivity contribution in [2.75, 3.05) is 5.32 Å². The molecule has 0 radical (unpaired) electrons. The van der Waals surface area contributed by atoms with Crippen molar-refractivity contribution in [3.8, 4) is 0 Å². The largest absolute Gasteiger partial charge is 0.358 e. The molecule has 0 spiro atoms. The summed E-state index contributed by atoms with van der Waals surface area (Å²) >= 11 is 1.55. The maximum atomic E-state index is 10.9. The van der Waals surface area contributed by atoms with Crippen LogP contribution in [0.5, 0.6) is 0 Å². The lowest BCUT2D eigenvalue weighted by Crippen LogP contribution is -2.05. The maximum Gasteiger partial charge on any atom is 0.311 e. The van der Waals surface area contributed by atoms with E-state index in [0.717, 1.165) is 15.6 Å². The molecule has 0 unspecified atom stereocenters. The molecule has 0 aliphatic carbocycles.